The van der Waals surface area contributed by atoms with Crippen molar-refractivity contribution in [3.8, 4) is 11.3 Å². The molecule has 4 aromatic rings. The number of nitrogens with one attached hydrogen (secondary N) is 4. The Kier molecular flexibility index (Phi) is 11.2. The number of allylic oxidation sites excluding steroid dienone is 1. The molecule has 0 aliphatic carbocycles. The summed E-state index contributed by atoms with van der Waals surface area (Å²) in [5.41, 5.74) is 21.2. The van der Waals surface area contributed by atoms with E-state index in [4.69, 9.17) is 22.2 Å². The average molecular weight is 662 g/mol. The van der Waals surface area contributed by atoms with Crippen LogP contribution < -0.4 is 38.5 Å². The summed E-state index contributed by atoms with van der Waals surface area (Å²) in [6.45, 7) is -0.213. The quantitative estimate of drug-likeness (QED) is 0.0511. The van der Waals surface area contributed by atoms with Gasteiger partial charge in [0.25, 0.3) is 5.91 Å². The predicted octanol–water partition coefficient (Wildman–Crippen LogP) is 2.39. The van der Waals surface area contributed by atoms with Crippen LogP contribution in [0, 0.1) is 0 Å². The molecule has 2 aliphatic rings. The van der Waals surface area contributed by atoms with E-state index in [2.05, 4.69) is 26.3 Å². The minimum atomic E-state index is -1.05. The van der Waals surface area contributed by atoms with Gasteiger partial charge in [0.15, 0.2) is 5.96 Å². The van der Waals surface area contributed by atoms with E-state index in [1.165, 1.54) is 0 Å². The van der Waals surface area contributed by atoms with Crippen LogP contribution in [0.5, 0.6) is 0 Å². The molecule has 3 aromatic carbocycles. The Morgan fingerprint density at radius 2 is 1.69 bits per heavy atom. The normalized spacial score (nSPS) is 17.7. The molecule has 4 bridgehead atoms. The number of pyridine rings is 1. The summed E-state index contributed by atoms with van der Waals surface area (Å²) >= 11 is 0. The Balaban J connectivity index is 1.57. The molecule has 252 valence electrons. The number of aliphatic imine (C=N–C) groups is 1. The van der Waals surface area contributed by atoms with Crippen molar-refractivity contribution in [2.24, 2.45) is 22.2 Å². The van der Waals surface area contributed by atoms with Gasteiger partial charge >= 0.3 is 0 Å². The lowest BCUT2D eigenvalue weighted by Crippen LogP contribution is -2.51. The van der Waals surface area contributed by atoms with Gasteiger partial charge in [-0.05, 0) is 55.5 Å². The SMILES string of the molecule is NC(=O)[C@@H]1C/C=C/Cc2ccc(cc2)-c2cc(Nc3ccccc3)c3cccc(c3n2)C(=O)N[C@@H](CCCN=C(N)N)C(=O)NCC(=O)N1. The van der Waals surface area contributed by atoms with E-state index in [-0.39, 0.29) is 30.9 Å². The number of benzene rings is 3. The van der Waals surface area contributed by atoms with Crippen LogP contribution in [-0.2, 0) is 20.8 Å². The number of primary amides is 1. The number of aromatic nitrogens is 1. The molecule has 0 radical (unpaired) electrons. The molecule has 2 aliphatic heterocycles. The summed E-state index contributed by atoms with van der Waals surface area (Å²) in [5, 5.41) is 12.1. The van der Waals surface area contributed by atoms with Gasteiger partial charge in [0.05, 0.1) is 29.0 Å². The summed E-state index contributed by atoms with van der Waals surface area (Å²) in [5.74, 6) is -2.55. The van der Waals surface area contributed by atoms with Gasteiger partial charge in [0.2, 0.25) is 17.7 Å². The molecular weight excluding hydrogens is 622 g/mol. The van der Waals surface area contributed by atoms with E-state index in [0.29, 0.717) is 29.4 Å². The first-order valence-electron chi connectivity index (χ1n) is 15.9. The lowest BCUT2D eigenvalue weighted by molar-refractivity contribution is -0.129. The van der Waals surface area contributed by atoms with E-state index in [9.17, 15) is 19.2 Å². The third-order valence-corrected chi connectivity index (χ3v) is 7.95. The minimum Gasteiger partial charge on any atom is -0.370 e. The number of nitrogens with zero attached hydrogens (tertiary/aromatic N) is 2. The van der Waals surface area contributed by atoms with E-state index in [0.717, 1.165) is 22.5 Å². The first-order chi connectivity index (χ1) is 23.7. The Morgan fingerprint density at radius 1 is 0.918 bits per heavy atom. The van der Waals surface area contributed by atoms with Gasteiger partial charge in [-0.1, -0.05) is 66.7 Å². The number of hydrogen-bond donors (Lipinski definition) is 7. The average Bonchev–Trinajstić information content (AvgIpc) is 3.09. The highest BCUT2D eigenvalue weighted by Crippen LogP contribution is 2.32. The van der Waals surface area contributed by atoms with Crippen LogP contribution in [0.1, 0.15) is 35.2 Å². The Morgan fingerprint density at radius 3 is 2.43 bits per heavy atom. The molecule has 13 nitrogen and oxygen atoms in total. The summed E-state index contributed by atoms with van der Waals surface area (Å²) < 4.78 is 0. The van der Waals surface area contributed by atoms with E-state index in [1.54, 1.807) is 18.2 Å². The van der Waals surface area contributed by atoms with Gasteiger partial charge in [0, 0.05) is 23.2 Å². The summed E-state index contributed by atoms with van der Waals surface area (Å²) in [6.07, 6.45) is 4.96. The van der Waals surface area contributed by atoms with Crippen molar-refractivity contribution < 1.29 is 19.2 Å². The number of rotatable bonds is 7. The third-order valence-electron chi connectivity index (χ3n) is 7.95. The maximum absolute atomic E-state index is 14.0. The fraction of sp³-hybridized carbons (Fsp3) is 0.222. The van der Waals surface area contributed by atoms with Gasteiger partial charge in [-0.2, -0.15) is 0 Å². The number of nitrogens with two attached hydrogens (primary N) is 3. The molecule has 6 rings (SSSR count). The smallest absolute Gasteiger partial charge is 0.254 e. The van der Waals surface area contributed by atoms with Crippen LogP contribution in [0.25, 0.3) is 22.2 Å². The molecule has 49 heavy (non-hydrogen) atoms. The number of anilines is 2. The molecule has 10 N–H and O–H groups in total. The van der Waals surface area contributed by atoms with Crippen LogP contribution >= 0.6 is 0 Å². The van der Waals surface area contributed by atoms with Gasteiger partial charge in [-0.15, -0.1) is 0 Å². The standard InChI is InChI=1S/C36H39N9O4/c37-33(47)27-13-5-4-8-22-15-17-23(18-16-22)29-20-30(42-24-9-2-1-3-10-24)25-11-6-12-26(32(25)44-29)34(48)45-28(14-7-19-40-36(38)39)35(49)41-21-31(46)43-27/h1-6,9-12,15-18,20,27-28H,7-8,13-14,19,21H2,(H2,37,47)(H,41,49)(H,42,44)(H,43,46)(H,45,48)(H4,38,39,40)/b5-4+/t27-,28-/m0/s1. The predicted molar refractivity (Wildman–Crippen MR) is 190 cm³/mol. The zero-order valence-corrected chi connectivity index (χ0v) is 26.8. The summed E-state index contributed by atoms with van der Waals surface area (Å²) in [4.78, 5) is 61.0. The monoisotopic (exact) mass is 661 g/mol. The molecule has 3 heterocycles. The fourth-order valence-electron chi connectivity index (χ4n) is 5.41. The van der Waals surface area contributed by atoms with E-state index in [1.807, 2.05) is 72.8 Å². The van der Waals surface area contributed by atoms with Crippen LogP contribution in [-0.4, -0.2) is 59.7 Å². The van der Waals surface area contributed by atoms with Crippen molar-refractivity contribution in [2.75, 3.05) is 18.4 Å². The highest BCUT2D eigenvalue weighted by Gasteiger charge is 2.25. The van der Waals surface area contributed by atoms with Crippen LogP contribution in [0.2, 0.25) is 0 Å². The number of para-hydroxylation sites is 2. The van der Waals surface area contributed by atoms with Gasteiger partial charge in [0.1, 0.15) is 12.1 Å². The molecule has 0 saturated carbocycles. The topological polar surface area (TPSA) is 220 Å². The molecular formula is C36H39N9O4. The van der Waals surface area contributed by atoms with Crippen LogP contribution in [0.4, 0.5) is 11.4 Å². The van der Waals surface area contributed by atoms with Crippen molar-refractivity contribution in [2.45, 2.75) is 37.8 Å². The number of fused-ring (bicyclic) bond motifs is 13. The zero-order chi connectivity index (χ0) is 34.8. The Hall–Kier alpha value is -6.24. The second-order valence-electron chi connectivity index (χ2n) is 11.6. The summed E-state index contributed by atoms with van der Waals surface area (Å²) in [7, 11) is 0. The van der Waals surface area contributed by atoms with Crippen molar-refractivity contribution >= 4 is 51.9 Å². The molecule has 13 heteroatoms. The van der Waals surface area contributed by atoms with Crippen molar-refractivity contribution in [3.05, 3.63) is 102 Å². The highest BCUT2D eigenvalue weighted by molar-refractivity contribution is 6.10. The molecule has 0 unspecified atom stereocenters. The van der Waals surface area contributed by atoms with Crippen molar-refractivity contribution in [3.63, 3.8) is 0 Å². The molecule has 0 spiro atoms. The molecule has 2 atom stereocenters. The Labute approximate surface area is 283 Å². The largest absolute Gasteiger partial charge is 0.370 e. The molecule has 0 saturated heterocycles. The number of carbonyl (C=O) groups excluding carboxylic acids is 4. The summed E-state index contributed by atoms with van der Waals surface area (Å²) in [6, 6.07) is 22.7. The van der Waals surface area contributed by atoms with E-state index >= 15 is 0 Å². The number of carbonyl (C=O) groups is 4. The second-order valence-corrected chi connectivity index (χ2v) is 11.6. The number of amides is 4. The first kappa shape index (κ1) is 34.1. The van der Waals surface area contributed by atoms with Gasteiger partial charge in [-0.3, -0.25) is 24.2 Å². The van der Waals surface area contributed by atoms with Crippen molar-refractivity contribution in [1.82, 2.24) is 20.9 Å². The molecule has 4 amide bonds. The first-order valence-corrected chi connectivity index (χ1v) is 15.9. The minimum absolute atomic E-state index is 0.0943. The van der Waals surface area contributed by atoms with Gasteiger partial charge < -0.3 is 38.5 Å². The van der Waals surface area contributed by atoms with Gasteiger partial charge in [-0.25, -0.2) is 4.98 Å². The lowest BCUT2D eigenvalue weighted by atomic mass is 10.0. The highest BCUT2D eigenvalue weighted by atomic mass is 16.2. The molecule has 0 fully saturated rings. The molecule has 1 aromatic heterocycles. The number of hydrogen-bond acceptors (Lipinski definition) is 7. The second kappa shape index (κ2) is 16.0. The third kappa shape index (κ3) is 9.19. The van der Waals surface area contributed by atoms with Crippen molar-refractivity contribution in [1.29, 1.82) is 0 Å². The lowest BCUT2D eigenvalue weighted by Gasteiger charge is -2.20. The zero-order valence-electron chi connectivity index (χ0n) is 26.8. The maximum Gasteiger partial charge on any atom is 0.254 e. The van der Waals surface area contributed by atoms with E-state index < -0.39 is 42.3 Å². The van der Waals surface area contributed by atoms with Crippen LogP contribution in [0.3, 0.4) is 0 Å². The number of guanidine groups is 1. The fourth-order valence-corrected chi connectivity index (χ4v) is 5.41. The van der Waals surface area contributed by atoms with Crippen LogP contribution in [0.15, 0.2) is 96.0 Å². The Bertz CT molecular complexity index is 1890. The maximum atomic E-state index is 14.0.